The van der Waals surface area contributed by atoms with Gasteiger partial charge in [0.15, 0.2) is 0 Å². The van der Waals surface area contributed by atoms with Crippen molar-refractivity contribution < 1.29 is 9.84 Å². The fraction of sp³-hybridized carbons (Fsp3) is 0.643. The maximum atomic E-state index is 9.71. The molecule has 1 atom stereocenters. The quantitative estimate of drug-likeness (QED) is 0.828. The summed E-state index contributed by atoms with van der Waals surface area (Å²) < 4.78 is 5.71. The van der Waals surface area contributed by atoms with Crippen molar-refractivity contribution in [2.75, 3.05) is 32.8 Å². The van der Waals surface area contributed by atoms with Crippen LogP contribution in [0, 0.1) is 6.92 Å². The van der Waals surface area contributed by atoms with Crippen molar-refractivity contribution in [1.29, 1.82) is 0 Å². The van der Waals surface area contributed by atoms with E-state index < -0.39 is 0 Å². The van der Waals surface area contributed by atoms with Crippen molar-refractivity contribution >= 4 is 0 Å². The molecule has 1 aromatic heterocycles. The van der Waals surface area contributed by atoms with E-state index >= 15 is 0 Å². The Balaban J connectivity index is 1.78. The lowest BCUT2D eigenvalue weighted by Gasteiger charge is -2.32. The Hall–Kier alpha value is -1.17. The molecule has 0 aliphatic carbocycles. The van der Waals surface area contributed by atoms with Gasteiger partial charge in [-0.3, -0.25) is 9.88 Å². The lowest BCUT2D eigenvalue weighted by atomic mass is 10.2. The monoisotopic (exact) mass is 265 g/mol. The molecule has 2 N–H and O–H groups in total. The second-order valence-corrected chi connectivity index (χ2v) is 4.94. The summed E-state index contributed by atoms with van der Waals surface area (Å²) in [5.41, 5.74) is 1.61. The number of nitrogens with zero attached hydrogens (tertiary/aromatic N) is 2. The molecule has 1 fully saturated rings. The number of ether oxygens (including phenoxy) is 1. The minimum atomic E-state index is 0.223. The van der Waals surface area contributed by atoms with Crippen molar-refractivity contribution in [3.8, 4) is 5.75 Å². The average molecular weight is 265 g/mol. The van der Waals surface area contributed by atoms with E-state index in [4.69, 9.17) is 4.74 Å². The zero-order valence-corrected chi connectivity index (χ0v) is 11.7. The lowest BCUT2D eigenvalue weighted by molar-refractivity contribution is -0.0254. The van der Waals surface area contributed by atoms with Gasteiger partial charge in [-0.15, -0.1) is 0 Å². The van der Waals surface area contributed by atoms with Crippen LogP contribution in [0.15, 0.2) is 12.1 Å². The molecule has 5 nitrogen and oxygen atoms in total. The van der Waals surface area contributed by atoms with Gasteiger partial charge in [0, 0.05) is 31.9 Å². The second kappa shape index (κ2) is 6.84. The Morgan fingerprint density at radius 3 is 3.16 bits per heavy atom. The molecule has 0 radical (unpaired) electrons. The maximum Gasteiger partial charge on any atom is 0.138 e. The fourth-order valence-electron chi connectivity index (χ4n) is 2.28. The molecule has 106 valence electrons. The average Bonchev–Trinajstić information content (AvgIpc) is 2.43. The number of pyridine rings is 1. The number of morpholine rings is 1. The van der Waals surface area contributed by atoms with E-state index in [0.717, 1.165) is 38.5 Å². The highest BCUT2D eigenvalue weighted by Crippen LogP contribution is 2.14. The predicted molar refractivity (Wildman–Crippen MR) is 74.2 cm³/mol. The van der Waals surface area contributed by atoms with Gasteiger partial charge in [-0.05, 0) is 25.6 Å². The first-order valence-electron chi connectivity index (χ1n) is 6.89. The van der Waals surface area contributed by atoms with Crippen molar-refractivity contribution in [2.45, 2.75) is 26.5 Å². The zero-order valence-electron chi connectivity index (χ0n) is 11.7. The summed E-state index contributed by atoms with van der Waals surface area (Å²) in [6.07, 6.45) is 0.223. The number of aromatic nitrogens is 1. The van der Waals surface area contributed by atoms with Crippen LogP contribution < -0.4 is 5.32 Å². The molecule has 19 heavy (non-hydrogen) atoms. The molecule has 0 aromatic carbocycles. The van der Waals surface area contributed by atoms with Crippen LogP contribution in [-0.4, -0.2) is 53.9 Å². The third kappa shape index (κ3) is 4.16. The Kier molecular flexibility index (Phi) is 5.13. The molecular weight excluding hydrogens is 242 g/mol. The van der Waals surface area contributed by atoms with Crippen molar-refractivity contribution in [3.05, 3.63) is 23.5 Å². The molecule has 0 saturated carbocycles. The molecule has 1 aliphatic rings. The molecule has 1 aromatic rings. The van der Waals surface area contributed by atoms with E-state index in [9.17, 15) is 5.11 Å². The topological polar surface area (TPSA) is 57.6 Å². The molecular formula is C14H23N3O2. The third-order valence-electron chi connectivity index (χ3n) is 3.42. The van der Waals surface area contributed by atoms with Crippen LogP contribution >= 0.6 is 0 Å². The Morgan fingerprint density at radius 2 is 2.37 bits per heavy atom. The van der Waals surface area contributed by atoms with Crippen LogP contribution in [-0.2, 0) is 11.3 Å². The van der Waals surface area contributed by atoms with Crippen LogP contribution in [0.2, 0.25) is 0 Å². The number of hydrogen-bond acceptors (Lipinski definition) is 5. The number of aromatic hydroxyl groups is 1. The highest BCUT2D eigenvalue weighted by Gasteiger charge is 2.18. The predicted octanol–water partition coefficient (Wildman–Crippen LogP) is 0.906. The van der Waals surface area contributed by atoms with Crippen molar-refractivity contribution in [3.63, 3.8) is 0 Å². The number of hydrogen-bond donors (Lipinski definition) is 2. The summed E-state index contributed by atoms with van der Waals surface area (Å²) in [7, 11) is 0. The molecule has 2 rings (SSSR count). The highest BCUT2D eigenvalue weighted by molar-refractivity contribution is 5.27. The summed E-state index contributed by atoms with van der Waals surface area (Å²) in [5, 5.41) is 13.0. The van der Waals surface area contributed by atoms with E-state index in [2.05, 4.69) is 22.1 Å². The van der Waals surface area contributed by atoms with E-state index in [-0.39, 0.29) is 11.9 Å². The molecule has 1 aliphatic heterocycles. The number of aryl methyl sites for hydroxylation is 1. The molecule has 2 heterocycles. The highest BCUT2D eigenvalue weighted by atomic mass is 16.5. The maximum absolute atomic E-state index is 9.71. The first kappa shape index (κ1) is 14.2. The van der Waals surface area contributed by atoms with Crippen LogP contribution in [0.1, 0.15) is 18.3 Å². The number of rotatable bonds is 5. The third-order valence-corrected chi connectivity index (χ3v) is 3.42. The first-order chi connectivity index (χ1) is 9.19. The van der Waals surface area contributed by atoms with Gasteiger partial charge in [-0.2, -0.15) is 0 Å². The SMILES string of the molecule is CCN1CCO[C@H](CNCc2nc(C)ccc2O)C1. The zero-order chi connectivity index (χ0) is 13.7. The van der Waals surface area contributed by atoms with E-state index in [1.807, 2.05) is 13.0 Å². The van der Waals surface area contributed by atoms with Crippen molar-refractivity contribution in [1.82, 2.24) is 15.2 Å². The summed E-state index contributed by atoms with van der Waals surface area (Å²) in [6.45, 7) is 9.31. The van der Waals surface area contributed by atoms with Gasteiger partial charge in [-0.1, -0.05) is 6.92 Å². The van der Waals surface area contributed by atoms with Gasteiger partial charge < -0.3 is 15.2 Å². The van der Waals surface area contributed by atoms with Gasteiger partial charge in [-0.25, -0.2) is 0 Å². The Labute approximate surface area is 114 Å². The van der Waals surface area contributed by atoms with Crippen LogP contribution in [0.5, 0.6) is 5.75 Å². The second-order valence-electron chi connectivity index (χ2n) is 4.94. The standard InChI is InChI=1S/C14H23N3O2/c1-3-17-6-7-19-12(10-17)8-15-9-13-14(18)5-4-11(2)16-13/h4-5,12,15,18H,3,6-10H2,1-2H3/t12-/m1/s1. The summed E-state index contributed by atoms with van der Waals surface area (Å²) in [4.78, 5) is 6.71. The van der Waals surface area contributed by atoms with E-state index in [1.54, 1.807) is 6.07 Å². The number of nitrogens with one attached hydrogen (secondary N) is 1. The Morgan fingerprint density at radius 1 is 1.53 bits per heavy atom. The van der Waals surface area contributed by atoms with Gasteiger partial charge in [0.2, 0.25) is 0 Å². The molecule has 0 unspecified atom stereocenters. The largest absolute Gasteiger partial charge is 0.506 e. The smallest absolute Gasteiger partial charge is 0.138 e. The molecule has 1 saturated heterocycles. The Bertz CT molecular complexity index is 412. The normalized spacial score (nSPS) is 20.6. The lowest BCUT2D eigenvalue weighted by Crippen LogP contribution is -2.46. The minimum Gasteiger partial charge on any atom is -0.506 e. The number of likely N-dealkylation sites (N-methyl/N-ethyl adjacent to an activating group) is 1. The van der Waals surface area contributed by atoms with Crippen LogP contribution in [0.3, 0.4) is 0 Å². The van der Waals surface area contributed by atoms with Crippen LogP contribution in [0.4, 0.5) is 0 Å². The molecule has 0 spiro atoms. The first-order valence-corrected chi connectivity index (χ1v) is 6.89. The van der Waals surface area contributed by atoms with E-state index in [1.165, 1.54) is 0 Å². The van der Waals surface area contributed by atoms with Gasteiger partial charge in [0.1, 0.15) is 5.75 Å². The minimum absolute atomic E-state index is 0.223. The summed E-state index contributed by atoms with van der Waals surface area (Å²) in [5.74, 6) is 0.248. The van der Waals surface area contributed by atoms with Gasteiger partial charge in [0.25, 0.3) is 0 Å². The van der Waals surface area contributed by atoms with Gasteiger partial charge in [0.05, 0.1) is 18.4 Å². The molecule has 0 bridgehead atoms. The van der Waals surface area contributed by atoms with Crippen molar-refractivity contribution in [2.24, 2.45) is 0 Å². The molecule has 0 amide bonds. The molecule has 5 heteroatoms. The van der Waals surface area contributed by atoms with Gasteiger partial charge >= 0.3 is 0 Å². The van der Waals surface area contributed by atoms with E-state index in [0.29, 0.717) is 12.2 Å². The summed E-state index contributed by atoms with van der Waals surface area (Å²) in [6, 6.07) is 3.50. The fourth-order valence-corrected chi connectivity index (χ4v) is 2.28. The summed E-state index contributed by atoms with van der Waals surface area (Å²) >= 11 is 0. The van der Waals surface area contributed by atoms with Crippen LogP contribution in [0.25, 0.3) is 0 Å².